The number of amides is 1. The van der Waals surface area contributed by atoms with Gasteiger partial charge in [0.1, 0.15) is 0 Å². The van der Waals surface area contributed by atoms with Crippen molar-refractivity contribution in [2.45, 2.75) is 152 Å². The van der Waals surface area contributed by atoms with E-state index in [1.807, 2.05) is 44.2 Å². The van der Waals surface area contributed by atoms with Crippen LogP contribution in [-0.4, -0.2) is 35.3 Å². The van der Waals surface area contributed by atoms with E-state index in [2.05, 4.69) is 53.8 Å². The molecular weight excluding hydrogens is 675 g/mol. The molecule has 0 bridgehead atoms. The van der Waals surface area contributed by atoms with Crippen molar-refractivity contribution < 1.29 is 29.0 Å². The fraction of sp³-hybridized carbons (Fsp3) is 0.745. The molecule has 54 heavy (non-hydrogen) atoms. The molecule has 7 nitrogen and oxygen atoms in total. The Balaban J connectivity index is 1.25. The van der Waals surface area contributed by atoms with Gasteiger partial charge in [0.05, 0.1) is 29.4 Å². The van der Waals surface area contributed by atoms with Crippen LogP contribution in [0.15, 0.2) is 41.5 Å². The van der Waals surface area contributed by atoms with Gasteiger partial charge in [0.15, 0.2) is 0 Å². The lowest BCUT2D eigenvalue weighted by atomic mass is 9.32. The number of fused-ring (bicyclic) bond motifs is 7. The topological polar surface area (TPSA) is 110 Å². The fourth-order valence-corrected chi connectivity index (χ4v) is 13.6. The quantitative estimate of drug-likeness (QED) is 0.140. The predicted octanol–water partition coefficient (Wildman–Crippen LogP) is 10.1. The van der Waals surface area contributed by atoms with Crippen LogP contribution in [0.3, 0.4) is 0 Å². The number of hydrogen-bond donors (Lipinski definition) is 2. The van der Waals surface area contributed by atoms with E-state index in [1.54, 1.807) is 13.8 Å². The molecular formula is C47H69NO6. The Bertz CT molecular complexity index is 1700. The number of ether oxygens (including phenoxy) is 1. The summed E-state index contributed by atoms with van der Waals surface area (Å²) in [5, 5.41) is 12.7. The van der Waals surface area contributed by atoms with E-state index in [1.165, 1.54) is 11.1 Å². The van der Waals surface area contributed by atoms with Gasteiger partial charge in [-0.25, -0.2) is 0 Å². The second-order valence-electron chi connectivity index (χ2n) is 21.2. The molecule has 1 amide bonds. The number of carbonyl (C=O) groups excluding carboxylic acids is 3. The number of Topliss-reactive ketones (excluding diaryl/α,β-unsaturated/α-hetero) is 1. The molecule has 298 valence electrons. The van der Waals surface area contributed by atoms with Crippen molar-refractivity contribution >= 4 is 23.6 Å². The zero-order valence-corrected chi connectivity index (χ0v) is 35.2. The number of benzene rings is 1. The molecule has 1 aromatic carbocycles. The van der Waals surface area contributed by atoms with Gasteiger partial charge >= 0.3 is 11.9 Å². The van der Waals surface area contributed by atoms with E-state index < -0.39 is 34.2 Å². The number of hydrogen-bond acceptors (Lipinski definition) is 5. The second-order valence-corrected chi connectivity index (χ2v) is 21.2. The molecule has 1 aromatic rings. The highest BCUT2D eigenvalue weighted by Crippen LogP contribution is 2.77. The number of carbonyl (C=O) groups is 4. The summed E-state index contributed by atoms with van der Waals surface area (Å²) in [6.07, 6.45) is 9.70. The van der Waals surface area contributed by atoms with Crippen LogP contribution in [-0.2, 0) is 29.5 Å². The van der Waals surface area contributed by atoms with E-state index in [0.717, 1.165) is 69.8 Å². The van der Waals surface area contributed by atoms with E-state index in [4.69, 9.17) is 4.74 Å². The highest BCUT2D eigenvalue weighted by molar-refractivity contribution is 6.39. The van der Waals surface area contributed by atoms with Gasteiger partial charge in [-0.1, -0.05) is 89.9 Å². The first-order chi connectivity index (χ1) is 25.0. The molecule has 0 aromatic heterocycles. The Kier molecular flexibility index (Phi) is 10.3. The highest BCUT2D eigenvalue weighted by Gasteiger charge is 2.70. The van der Waals surface area contributed by atoms with Crippen molar-refractivity contribution in [3.63, 3.8) is 0 Å². The lowest BCUT2D eigenvalue weighted by Crippen LogP contribution is -2.65. The number of rotatable bonds is 10. The molecule has 4 saturated carbocycles. The zero-order valence-electron chi connectivity index (χ0n) is 35.2. The van der Waals surface area contributed by atoms with Gasteiger partial charge in [0.2, 0.25) is 5.78 Å². The fourth-order valence-electron chi connectivity index (χ4n) is 13.6. The van der Waals surface area contributed by atoms with Gasteiger partial charge in [0.25, 0.3) is 5.91 Å². The van der Waals surface area contributed by atoms with Gasteiger partial charge in [-0.15, -0.1) is 0 Å². The summed E-state index contributed by atoms with van der Waals surface area (Å²) in [7, 11) is 0. The summed E-state index contributed by atoms with van der Waals surface area (Å²) in [5.74, 6) is -0.241. The number of nitrogens with one attached hydrogen (secondary N) is 1. The Morgan fingerprint density at radius 2 is 1.50 bits per heavy atom. The minimum absolute atomic E-state index is 0.0146. The van der Waals surface area contributed by atoms with Gasteiger partial charge in [0, 0.05) is 0 Å². The number of carboxylic acids is 1. The largest absolute Gasteiger partial charge is 0.481 e. The number of allylic oxidation sites excluding steroid dienone is 2. The lowest BCUT2D eigenvalue weighted by Gasteiger charge is -2.72. The number of esters is 1. The highest BCUT2D eigenvalue weighted by atomic mass is 16.5. The molecule has 0 aliphatic heterocycles. The zero-order chi connectivity index (χ0) is 39.9. The SMILES string of the molecule is CC(C)C1=C2[C@H]3CC[C@H]4C(C)(CC[C@H]5C(C)(C)C(COC(=O)CC(C)(C)C(=O)O)CC[C@@]54C)[C@]3(C)CC[C@@]2(C(=O)C(=O)NC(C)(C)c2ccccc2)CC1. The number of aliphatic carboxylic acids is 1. The van der Waals surface area contributed by atoms with Gasteiger partial charge in [-0.3, -0.25) is 19.2 Å². The molecule has 2 unspecified atom stereocenters. The molecule has 0 saturated heterocycles. The van der Waals surface area contributed by atoms with Crippen molar-refractivity contribution in [1.29, 1.82) is 0 Å². The maximum Gasteiger partial charge on any atom is 0.309 e. The van der Waals surface area contributed by atoms with E-state index >= 15 is 0 Å². The molecule has 7 heteroatoms. The van der Waals surface area contributed by atoms with Crippen LogP contribution in [0.2, 0.25) is 0 Å². The van der Waals surface area contributed by atoms with Crippen LogP contribution in [0.5, 0.6) is 0 Å². The normalized spacial score (nSPS) is 36.0. The van der Waals surface area contributed by atoms with Crippen LogP contribution in [0.4, 0.5) is 0 Å². The van der Waals surface area contributed by atoms with Gasteiger partial charge in [-0.05, 0) is 149 Å². The second kappa shape index (κ2) is 13.6. The Hall–Kier alpha value is -2.96. The van der Waals surface area contributed by atoms with Gasteiger partial charge < -0.3 is 15.2 Å². The average Bonchev–Trinajstić information content (AvgIpc) is 3.49. The maximum absolute atomic E-state index is 14.8. The summed E-state index contributed by atoms with van der Waals surface area (Å²) in [6, 6.07) is 9.93. The maximum atomic E-state index is 14.8. The number of ketones is 1. The van der Waals surface area contributed by atoms with E-state index in [0.29, 0.717) is 24.4 Å². The Labute approximate surface area is 325 Å². The monoisotopic (exact) mass is 744 g/mol. The van der Waals surface area contributed by atoms with Crippen LogP contribution < -0.4 is 5.32 Å². The van der Waals surface area contributed by atoms with Crippen LogP contribution >= 0.6 is 0 Å². The summed E-state index contributed by atoms with van der Waals surface area (Å²) >= 11 is 0. The molecule has 4 fully saturated rings. The first-order valence-corrected chi connectivity index (χ1v) is 21.0. The molecule has 6 rings (SSSR count). The minimum atomic E-state index is -1.15. The molecule has 5 aliphatic carbocycles. The minimum Gasteiger partial charge on any atom is -0.481 e. The standard InChI is InChI=1S/C47H69NO6/c1-29(2)32-20-24-47(38(50)39(51)48-43(7,8)30-15-13-12-14-16-30)26-25-45(10)33(37(32)47)17-18-35-44(9)22-19-31(28-54-36(49)27-41(3,4)40(52)53)42(5,6)34(44)21-23-46(35,45)11/h12-16,29,31,33-35H,17-28H2,1-11H3,(H,48,51)(H,52,53)/t31?,33-,34+,35-,44+,45-,46?,47+/m1/s1. The molecule has 2 N–H and O–H groups in total. The summed E-state index contributed by atoms with van der Waals surface area (Å²) in [4.78, 5) is 53.3. The third-order valence-electron chi connectivity index (χ3n) is 17.1. The third-order valence-corrected chi connectivity index (χ3v) is 17.1. The van der Waals surface area contributed by atoms with E-state index in [-0.39, 0.29) is 45.7 Å². The predicted molar refractivity (Wildman–Crippen MR) is 212 cm³/mol. The lowest BCUT2D eigenvalue weighted by molar-refractivity contribution is -0.224. The molecule has 5 aliphatic rings. The van der Waals surface area contributed by atoms with Crippen molar-refractivity contribution in [3.8, 4) is 0 Å². The summed E-state index contributed by atoms with van der Waals surface area (Å²) < 4.78 is 5.83. The average molecular weight is 744 g/mol. The van der Waals surface area contributed by atoms with E-state index in [9.17, 15) is 24.3 Å². The van der Waals surface area contributed by atoms with Crippen molar-refractivity contribution in [3.05, 3.63) is 47.0 Å². The molecule has 8 atom stereocenters. The van der Waals surface area contributed by atoms with Crippen molar-refractivity contribution in [2.24, 2.45) is 62.1 Å². The Morgan fingerprint density at radius 1 is 0.833 bits per heavy atom. The van der Waals surface area contributed by atoms with Gasteiger partial charge in [-0.2, -0.15) is 0 Å². The third kappa shape index (κ3) is 6.21. The Morgan fingerprint density at radius 3 is 2.13 bits per heavy atom. The smallest absolute Gasteiger partial charge is 0.309 e. The van der Waals surface area contributed by atoms with Crippen molar-refractivity contribution in [2.75, 3.05) is 6.61 Å². The number of carboxylic acid groups (broad SMARTS) is 1. The molecule has 0 heterocycles. The molecule has 0 radical (unpaired) electrons. The summed E-state index contributed by atoms with van der Waals surface area (Å²) in [6.45, 7) is 24.5. The first-order valence-electron chi connectivity index (χ1n) is 21.0. The van der Waals surface area contributed by atoms with Crippen LogP contribution in [0, 0.1) is 62.1 Å². The van der Waals surface area contributed by atoms with Crippen molar-refractivity contribution in [1.82, 2.24) is 5.32 Å². The van der Waals surface area contributed by atoms with Crippen LogP contribution in [0.1, 0.15) is 152 Å². The molecule has 0 spiro atoms. The van der Waals surface area contributed by atoms with Crippen LogP contribution in [0.25, 0.3) is 0 Å². The summed E-state index contributed by atoms with van der Waals surface area (Å²) in [5.41, 5.74) is 1.42. The first kappa shape index (κ1) is 40.7.